The Labute approximate surface area is 108 Å². The fourth-order valence-electron chi connectivity index (χ4n) is 2.89. The first-order valence-corrected chi connectivity index (χ1v) is 6.87. The van der Waals surface area contributed by atoms with Crippen molar-refractivity contribution in [2.45, 2.75) is 26.2 Å². The molecule has 1 N–H and O–H groups in total. The average Bonchev–Trinajstić information content (AvgIpc) is 2.68. The monoisotopic (exact) mass is 243 g/mol. The van der Waals surface area contributed by atoms with Crippen LogP contribution >= 0.6 is 0 Å². The summed E-state index contributed by atoms with van der Waals surface area (Å²) in [6.45, 7) is 4.46. The van der Waals surface area contributed by atoms with Gasteiger partial charge in [0.15, 0.2) is 0 Å². The van der Waals surface area contributed by atoms with Crippen LogP contribution in [0.1, 0.15) is 24.2 Å². The maximum Gasteiger partial charge on any atom is 0.109 e. The predicted molar refractivity (Wildman–Crippen MR) is 74.7 cm³/mol. The van der Waals surface area contributed by atoms with Gasteiger partial charge in [0.25, 0.3) is 0 Å². The number of aryl methyl sites for hydroxylation is 2. The van der Waals surface area contributed by atoms with Gasteiger partial charge < -0.3 is 9.88 Å². The van der Waals surface area contributed by atoms with Crippen molar-refractivity contribution in [2.75, 3.05) is 13.1 Å². The number of piperidine rings is 1. The minimum absolute atomic E-state index is 0.746. The van der Waals surface area contributed by atoms with Crippen LogP contribution in [-0.2, 0) is 13.5 Å². The summed E-state index contributed by atoms with van der Waals surface area (Å²) >= 11 is 0. The summed E-state index contributed by atoms with van der Waals surface area (Å²) in [4.78, 5) is 4.78. The fourth-order valence-corrected chi connectivity index (χ4v) is 2.89. The van der Waals surface area contributed by atoms with Crippen LogP contribution in [0, 0.1) is 12.8 Å². The van der Waals surface area contributed by atoms with Gasteiger partial charge in [0.05, 0.1) is 11.0 Å². The van der Waals surface area contributed by atoms with E-state index in [2.05, 4.69) is 42.1 Å². The highest BCUT2D eigenvalue weighted by Crippen LogP contribution is 2.21. The number of nitrogens with one attached hydrogen (secondary N) is 1. The molecule has 1 aliphatic heterocycles. The molecule has 1 atom stereocenters. The number of rotatable bonds is 2. The SMILES string of the molecule is Cc1ccc2nc(CC3CCCNC3)n(C)c2c1. The van der Waals surface area contributed by atoms with Crippen LogP contribution in [-0.4, -0.2) is 22.6 Å². The lowest BCUT2D eigenvalue weighted by Crippen LogP contribution is -2.31. The summed E-state index contributed by atoms with van der Waals surface area (Å²) in [5.41, 5.74) is 3.69. The first kappa shape index (κ1) is 11.7. The fraction of sp³-hybridized carbons (Fsp3) is 0.533. The van der Waals surface area contributed by atoms with Gasteiger partial charge in [0.2, 0.25) is 0 Å². The highest BCUT2D eigenvalue weighted by atomic mass is 15.1. The summed E-state index contributed by atoms with van der Waals surface area (Å²) in [6.07, 6.45) is 3.72. The van der Waals surface area contributed by atoms with Crippen molar-refractivity contribution in [3.63, 3.8) is 0 Å². The molecule has 3 heteroatoms. The van der Waals surface area contributed by atoms with E-state index in [4.69, 9.17) is 4.98 Å². The highest BCUT2D eigenvalue weighted by Gasteiger charge is 2.17. The summed E-state index contributed by atoms with van der Waals surface area (Å²) in [5, 5.41) is 3.48. The molecule has 1 fully saturated rings. The second-order valence-corrected chi connectivity index (χ2v) is 5.50. The van der Waals surface area contributed by atoms with Crippen molar-refractivity contribution < 1.29 is 0 Å². The molecule has 0 bridgehead atoms. The predicted octanol–water partition coefficient (Wildman–Crippen LogP) is 2.42. The van der Waals surface area contributed by atoms with Crippen LogP contribution in [0.5, 0.6) is 0 Å². The van der Waals surface area contributed by atoms with Gasteiger partial charge >= 0.3 is 0 Å². The van der Waals surface area contributed by atoms with E-state index < -0.39 is 0 Å². The largest absolute Gasteiger partial charge is 0.331 e. The van der Waals surface area contributed by atoms with Crippen LogP contribution in [0.2, 0.25) is 0 Å². The molecule has 96 valence electrons. The summed E-state index contributed by atoms with van der Waals surface area (Å²) in [7, 11) is 2.14. The lowest BCUT2D eigenvalue weighted by molar-refractivity contribution is 0.368. The molecule has 3 rings (SSSR count). The molecule has 2 heterocycles. The number of hydrogen-bond acceptors (Lipinski definition) is 2. The van der Waals surface area contributed by atoms with Gasteiger partial charge in [0, 0.05) is 13.5 Å². The highest BCUT2D eigenvalue weighted by molar-refractivity contribution is 5.76. The number of benzene rings is 1. The first-order chi connectivity index (χ1) is 8.74. The van der Waals surface area contributed by atoms with E-state index in [-0.39, 0.29) is 0 Å². The Morgan fingerprint density at radius 2 is 2.33 bits per heavy atom. The second kappa shape index (κ2) is 4.73. The van der Waals surface area contributed by atoms with E-state index in [0.717, 1.165) is 24.4 Å². The topological polar surface area (TPSA) is 29.9 Å². The Kier molecular flexibility index (Phi) is 3.08. The molecule has 1 saturated heterocycles. The normalized spacial score (nSPS) is 20.4. The van der Waals surface area contributed by atoms with E-state index in [1.54, 1.807) is 0 Å². The maximum absolute atomic E-state index is 4.78. The zero-order valence-electron chi connectivity index (χ0n) is 11.2. The zero-order chi connectivity index (χ0) is 12.5. The maximum atomic E-state index is 4.78. The van der Waals surface area contributed by atoms with Crippen LogP contribution in [0.3, 0.4) is 0 Å². The number of nitrogens with zero attached hydrogens (tertiary/aromatic N) is 2. The Hall–Kier alpha value is -1.35. The molecule has 1 aromatic heterocycles. The molecule has 1 aliphatic rings. The van der Waals surface area contributed by atoms with Crippen molar-refractivity contribution >= 4 is 11.0 Å². The van der Waals surface area contributed by atoms with Crippen LogP contribution in [0.4, 0.5) is 0 Å². The summed E-state index contributed by atoms with van der Waals surface area (Å²) in [5.74, 6) is 1.97. The van der Waals surface area contributed by atoms with Gasteiger partial charge in [-0.05, 0) is 56.5 Å². The van der Waals surface area contributed by atoms with Gasteiger partial charge in [0.1, 0.15) is 5.82 Å². The first-order valence-electron chi connectivity index (χ1n) is 6.87. The lowest BCUT2D eigenvalue weighted by Gasteiger charge is -2.22. The Morgan fingerprint density at radius 1 is 1.44 bits per heavy atom. The molecular weight excluding hydrogens is 222 g/mol. The quantitative estimate of drug-likeness (QED) is 0.878. The van der Waals surface area contributed by atoms with E-state index in [9.17, 15) is 0 Å². The van der Waals surface area contributed by atoms with E-state index in [0.29, 0.717) is 0 Å². The van der Waals surface area contributed by atoms with Gasteiger partial charge in [-0.2, -0.15) is 0 Å². The van der Waals surface area contributed by atoms with Crippen molar-refractivity contribution in [3.8, 4) is 0 Å². The molecule has 0 spiro atoms. The number of fused-ring (bicyclic) bond motifs is 1. The molecule has 0 radical (unpaired) electrons. The summed E-state index contributed by atoms with van der Waals surface area (Å²) in [6, 6.07) is 6.50. The zero-order valence-corrected chi connectivity index (χ0v) is 11.2. The molecule has 1 unspecified atom stereocenters. The standard InChI is InChI=1S/C15H21N3/c1-11-5-6-13-14(8-11)18(2)15(17-13)9-12-4-3-7-16-10-12/h5-6,8,12,16H,3-4,7,9-10H2,1-2H3. The van der Waals surface area contributed by atoms with Gasteiger partial charge in [-0.15, -0.1) is 0 Å². The molecule has 2 aromatic rings. The van der Waals surface area contributed by atoms with Crippen LogP contribution in [0.25, 0.3) is 11.0 Å². The van der Waals surface area contributed by atoms with Gasteiger partial charge in [-0.25, -0.2) is 4.98 Å². The third-order valence-electron chi connectivity index (χ3n) is 4.00. The molecule has 3 nitrogen and oxygen atoms in total. The minimum atomic E-state index is 0.746. The second-order valence-electron chi connectivity index (χ2n) is 5.50. The third-order valence-corrected chi connectivity index (χ3v) is 4.00. The van der Waals surface area contributed by atoms with Crippen molar-refractivity contribution in [1.29, 1.82) is 0 Å². The number of hydrogen-bond donors (Lipinski definition) is 1. The van der Waals surface area contributed by atoms with Crippen LogP contribution in [0.15, 0.2) is 18.2 Å². The van der Waals surface area contributed by atoms with E-state index in [1.807, 2.05) is 0 Å². The van der Waals surface area contributed by atoms with Crippen molar-refractivity contribution in [1.82, 2.24) is 14.9 Å². The van der Waals surface area contributed by atoms with Gasteiger partial charge in [-0.3, -0.25) is 0 Å². The lowest BCUT2D eigenvalue weighted by atomic mass is 9.96. The molecule has 0 saturated carbocycles. The Bertz CT molecular complexity index is 550. The molecule has 0 aliphatic carbocycles. The molecule has 18 heavy (non-hydrogen) atoms. The molecular formula is C15H21N3. The summed E-state index contributed by atoms with van der Waals surface area (Å²) < 4.78 is 2.26. The van der Waals surface area contributed by atoms with Gasteiger partial charge in [-0.1, -0.05) is 6.07 Å². The number of aromatic nitrogens is 2. The third kappa shape index (κ3) is 2.15. The Balaban J connectivity index is 1.89. The van der Waals surface area contributed by atoms with E-state index >= 15 is 0 Å². The Morgan fingerprint density at radius 3 is 3.11 bits per heavy atom. The minimum Gasteiger partial charge on any atom is -0.331 e. The smallest absolute Gasteiger partial charge is 0.109 e. The van der Waals surface area contributed by atoms with Crippen molar-refractivity contribution in [3.05, 3.63) is 29.6 Å². The molecule has 0 amide bonds. The van der Waals surface area contributed by atoms with Crippen molar-refractivity contribution in [2.24, 2.45) is 13.0 Å². The van der Waals surface area contributed by atoms with Crippen LogP contribution < -0.4 is 5.32 Å². The van der Waals surface area contributed by atoms with E-state index in [1.165, 1.54) is 36.3 Å². The number of imidazole rings is 1. The average molecular weight is 243 g/mol. The molecule has 1 aromatic carbocycles.